The quantitative estimate of drug-likeness (QED) is 0.651. The van der Waals surface area contributed by atoms with Gasteiger partial charge in [0, 0.05) is 37.3 Å². The number of hydrogen-bond acceptors (Lipinski definition) is 4. The van der Waals surface area contributed by atoms with Gasteiger partial charge in [0.25, 0.3) is 5.91 Å². The lowest BCUT2D eigenvalue weighted by molar-refractivity contribution is 0.0664. The van der Waals surface area contributed by atoms with Crippen molar-refractivity contribution < 1.29 is 14.3 Å². The molecule has 5 nitrogen and oxygen atoms in total. The Bertz CT molecular complexity index is 1010. The number of piperazine rings is 1. The van der Waals surface area contributed by atoms with Crippen LogP contribution in [0.5, 0.6) is 11.5 Å². The molecule has 0 spiro atoms. The molecule has 28 heavy (non-hydrogen) atoms. The zero-order valence-corrected chi connectivity index (χ0v) is 15.8. The Morgan fingerprint density at radius 3 is 2.36 bits per heavy atom. The highest BCUT2D eigenvalue weighted by Crippen LogP contribution is 2.27. The number of hydrogen-bond donors (Lipinski definition) is 0. The van der Waals surface area contributed by atoms with Crippen LogP contribution < -0.4 is 4.74 Å². The number of carbonyl (C=O) groups excluding carboxylic acids is 2. The number of carbonyl (C=O) groups is 2. The molecule has 0 N–H and O–H groups in total. The first kappa shape index (κ1) is 18.2. The van der Waals surface area contributed by atoms with Gasteiger partial charge in [0.1, 0.15) is 11.5 Å². The van der Waals surface area contributed by atoms with Gasteiger partial charge in [0.05, 0.1) is 0 Å². The molecule has 0 aromatic heterocycles. The Morgan fingerprint density at radius 2 is 1.64 bits per heavy atom. The summed E-state index contributed by atoms with van der Waals surface area (Å²) in [5.41, 5.74) is 1.34. The van der Waals surface area contributed by atoms with E-state index in [1.807, 2.05) is 59.5 Å². The molecule has 1 saturated heterocycles. The van der Waals surface area contributed by atoms with Crippen LogP contribution in [0.4, 0.5) is 0 Å². The summed E-state index contributed by atoms with van der Waals surface area (Å²) >= 11 is 0. The van der Waals surface area contributed by atoms with E-state index in [9.17, 15) is 9.59 Å². The average Bonchev–Trinajstić information content (AvgIpc) is 2.73. The van der Waals surface area contributed by atoms with Gasteiger partial charge < -0.3 is 14.5 Å². The fraction of sp³-hybridized carbons (Fsp3) is 0.217. The second kappa shape index (κ2) is 7.82. The average molecular weight is 374 g/mol. The Labute approximate surface area is 164 Å². The molecule has 1 heterocycles. The number of amides is 1. The van der Waals surface area contributed by atoms with E-state index in [0.29, 0.717) is 22.6 Å². The maximum atomic E-state index is 12.6. The minimum atomic E-state index is 0.0618. The second-order valence-electron chi connectivity index (χ2n) is 7.07. The predicted octanol–water partition coefficient (Wildman–Crippen LogP) is 3.83. The van der Waals surface area contributed by atoms with Gasteiger partial charge in [0.2, 0.25) is 0 Å². The van der Waals surface area contributed by atoms with Crippen LogP contribution >= 0.6 is 0 Å². The molecule has 4 rings (SSSR count). The van der Waals surface area contributed by atoms with Crippen LogP contribution in [0.3, 0.4) is 0 Å². The number of aldehydes is 1. The summed E-state index contributed by atoms with van der Waals surface area (Å²) in [5.74, 6) is 1.42. The molecule has 1 aliphatic heterocycles. The lowest BCUT2D eigenvalue weighted by Gasteiger charge is -2.32. The van der Waals surface area contributed by atoms with Gasteiger partial charge in [-0.25, -0.2) is 0 Å². The second-order valence-corrected chi connectivity index (χ2v) is 7.07. The van der Waals surface area contributed by atoms with Gasteiger partial charge in [-0.3, -0.25) is 9.59 Å². The van der Waals surface area contributed by atoms with E-state index in [1.165, 1.54) is 0 Å². The van der Waals surface area contributed by atoms with Crippen LogP contribution in [0, 0.1) is 0 Å². The number of benzene rings is 3. The fourth-order valence-corrected chi connectivity index (χ4v) is 3.45. The van der Waals surface area contributed by atoms with E-state index in [1.54, 1.807) is 6.07 Å². The van der Waals surface area contributed by atoms with Gasteiger partial charge in [-0.1, -0.05) is 18.2 Å². The van der Waals surface area contributed by atoms with Gasteiger partial charge in [-0.15, -0.1) is 0 Å². The molecule has 0 saturated carbocycles. The normalized spacial score (nSPS) is 14.8. The van der Waals surface area contributed by atoms with Crippen LogP contribution in [-0.4, -0.2) is 55.2 Å². The molecule has 0 aliphatic carbocycles. The number of likely N-dealkylation sites (N-methyl/N-ethyl adjacent to an activating group) is 1. The first-order valence-electron chi connectivity index (χ1n) is 9.38. The maximum absolute atomic E-state index is 12.6. The minimum absolute atomic E-state index is 0.0618. The first-order valence-corrected chi connectivity index (χ1v) is 9.38. The highest BCUT2D eigenvalue weighted by molar-refractivity contribution is 5.98. The van der Waals surface area contributed by atoms with Gasteiger partial charge >= 0.3 is 0 Å². The predicted molar refractivity (Wildman–Crippen MR) is 109 cm³/mol. The van der Waals surface area contributed by atoms with Crippen molar-refractivity contribution in [3.8, 4) is 11.5 Å². The maximum Gasteiger partial charge on any atom is 0.253 e. The van der Waals surface area contributed by atoms with E-state index >= 15 is 0 Å². The monoisotopic (exact) mass is 374 g/mol. The molecule has 3 aromatic carbocycles. The molecular weight excluding hydrogens is 352 g/mol. The SMILES string of the molecule is CN1CCN(C(=O)c2ccc(Oc3ccc4c(C=O)cccc4c3)cc2)CC1. The van der Waals surface area contributed by atoms with Crippen LogP contribution in [0.2, 0.25) is 0 Å². The molecule has 1 fully saturated rings. The van der Waals surface area contributed by atoms with E-state index < -0.39 is 0 Å². The third-order valence-electron chi connectivity index (χ3n) is 5.14. The van der Waals surface area contributed by atoms with Crippen LogP contribution in [0.15, 0.2) is 60.7 Å². The smallest absolute Gasteiger partial charge is 0.253 e. The molecule has 1 amide bonds. The van der Waals surface area contributed by atoms with Crippen molar-refractivity contribution >= 4 is 23.0 Å². The van der Waals surface area contributed by atoms with Gasteiger partial charge in [-0.2, -0.15) is 0 Å². The molecule has 0 bridgehead atoms. The highest BCUT2D eigenvalue weighted by atomic mass is 16.5. The number of rotatable bonds is 4. The third kappa shape index (κ3) is 3.75. The van der Waals surface area contributed by atoms with E-state index in [-0.39, 0.29) is 5.91 Å². The standard InChI is InChI=1S/C23H22N2O3/c1-24-11-13-25(14-12-24)23(27)17-5-7-20(8-6-17)28-21-9-10-22-18(15-21)3-2-4-19(22)16-26/h2-10,15-16H,11-14H2,1H3. The van der Waals surface area contributed by atoms with Crippen molar-refractivity contribution in [2.45, 2.75) is 0 Å². The number of nitrogens with zero attached hydrogens (tertiary/aromatic N) is 2. The summed E-state index contributed by atoms with van der Waals surface area (Å²) in [6.45, 7) is 3.32. The molecular formula is C23H22N2O3. The Hall–Kier alpha value is -3.18. The van der Waals surface area contributed by atoms with Crippen molar-refractivity contribution in [1.82, 2.24) is 9.80 Å². The summed E-state index contributed by atoms with van der Waals surface area (Å²) in [4.78, 5) is 27.9. The molecule has 0 atom stereocenters. The summed E-state index contributed by atoms with van der Waals surface area (Å²) in [6, 6.07) is 18.5. The van der Waals surface area contributed by atoms with E-state index in [2.05, 4.69) is 11.9 Å². The van der Waals surface area contributed by atoms with Crippen LogP contribution in [0.1, 0.15) is 20.7 Å². The fourth-order valence-electron chi connectivity index (χ4n) is 3.45. The topological polar surface area (TPSA) is 49.9 Å². The Morgan fingerprint density at radius 1 is 0.929 bits per heavy atom. The molecule has 5 heteroatoms. The van der Waals surface area contributed by atoms with Crippen molar-refractivity contribution in [2.75, 3.05) is 33.2 Å². The largest absolute Gasteiger partial charge is 0.457 e. The summed E-state index contributed by atoms with van der Waals surface area (Å²) in [5, 5.41) is 1.85. The molecule has 142 valence electrons. The summed E-state index contributed by atoms with van der Waals surface area (Å²) < 4.78 is 5.93. The molecule has 1 aliphatic rings. The van der Waals surface area contributed by atoms with Gasteiger partial charge in [-0.05, 0) is 60.3 Å². The van der Waals surface area contributed by atoms with Gasteiger partial charge in [0.15, 0.2) is 6.29 Å². The van der Waals surface area contributed by atoms with E-state index in [4.69, 9.17) is 4.74 Å². The summed E-state index contributed by atoms with van der Waals surface area (Å²) in [7, 11) is 2.07. The van der Waals surface area contributed by atoms with Crippen molar-refractivity contribution in [1.29, 1.82) is 0 Å². The minimum Gasteiger partial charge on any atom is -0.457 e. The molecule has 0 radical (unpaired) electrons. The summed E-state index contributed by atoms with van der Waals surface area (Å²) in [6.07, 6.45) is 0.860. The van der Waals surface area contributed by atoms with E-state index in [0.717, 1.165) is 43.2 Å². The van der Waals surface area contributed by atoms with Crippen molar-refractivity contribution in [3.05, 3.63) is 71.8 Å². The van der Waals surface area contributed by atoms with Crippen LogP contribution in [-0.2, 0) is 0 Å². The zero-order valence-electron chi connectivity index (χ0n) is 15.8. The van der Waals surface area contributed by atoms with Crippen molar-refractivity contribution in [2.24, 2.45) is 0 Å². The molecule has 0 unspecified atom stereocenters. The number of ether oxygens (including phenoxy) is 1. The highest BCUT2D eigenvalue weighted by Gasteiger charge is 2.20. The Kier molecular flexibility index (Phi) is 5.08. The molecule has 3 aromatic rings. The first-order chi connectivity index (χ1) is 13.6. The number of fused-ring (bicyclic) bond motifs is 1. The zero-order chi connectivity index (χ0) is 19.5. The van der Waals surface area contributed by atoms with Crippen molar-refractivity contribution in [3.63, 3.8) is 0 Å². The Balaban J connectivity index is 1.48. The lowest BCUT2D eigenvalue weighted by atomic mass is 10.1. The third-order valence-corrected chi connectivity index (χ3v) is 5.14. The lowest BCUT2D eigenvalue weighted by Crippen LogP contribution is -2.47. The van der Waals surface area contributed by atoms with Crippen LogP contribution in [0.25, 0.3) is 10.8 Å².